The van der Waals surface area contributed by atoms with Crippen LogP contribution in [0.1, 0.15) is 127 Å². The molecule has 0 bridgehead atoms. The summed E-state index contributed by atoms with van der Waals surface area (Å²) in [6.45, 7) is 4.38. The van der Waals surface area contributed by atoms with Crippen LogP contribution >= 0.6 is 0 Å². The monoisotopic (exact) mass is 588 g/mol. The van der Waals surface area contributed by atoms with Crippen LogP contribution in [0.3, 0.4) is 0 Å². The third-order valence-electron chi connectivity index (χ3n) is 10.7. The Balaban J connectivity index is 1.16. The molecule has 2 saturated carbocycles. The molecule has 0 aromatic heterocycles. The van der Waals surface area contributed by atoms with Gasteiger partial charge in [0.05, 0.1) is 0 Å². The van der Waals surface area contributed by atoms with Crippen LogP contribution in [-0.2, 0) is 6.42 Å². The van der Waals surface area contributed by atoms with Gasteiger partial charge in [-0.05, 0) is 109 Å². The minimum atomic E-state index is -0.790. The number of hydrogen-bond acceptors (Lipinski definition) is 0. The molecule has 0 N–H and O–H groups in total. The number of aryl methyl sites for hydroxylation is 1. The molecule has 0 nitrogen and oxygen atoms in total. The van der Waals surface area contributed by atoms with Crippen molar-refractivity contribution in [2.24, 2.45) is 17.8 Å². The van der Waals surface area contributed by atoms with Crippen LogP contribution in [0.15, 0.2) is 54.6 Å². The molecule has 0 heterocycles. The van der Waals surface area contributed by atoms with E-state index in [0.717, 1.165) is 66.5 Å². The molecule has 3 heteroatoms. The Morgan fingerprint density at radius 1 is 0.581 bits per heavy atom. The van der Waals surface area contributed by atoms with Crippen LogP contribution in [0, 0.1) is 35.2 Å². The summed E-state index contributed by atoms with van der Waals surface area (Å²) >= 11 is 0. The highest BCUT2D eigenvalue weighted by molar-refractivity contribution is 5.71. The molecule has 0 radical (unpaired) electrons. The quantitative estimate of drug-likeness (QED) is 0.185. The standard InChI is InChI=1S/C40H51F3/c1-3-5-7-9-28-11-13-29(14-12-28)30-15-19-32(20-16-30)36-25-24-35(27-38(36)41)31-17-21-33(22-18-31)37-26-23-34(10-8-6-4-2)39(42)40(37)43/h17-18,21-30,32H,3-16,19-20H2,1-2H3. The first-order chi connectivity index (χ1) is 21.0. The van der Waals surface area contributed by atoms with Crippen LogP contribution in [0.25, 0.3) is 22.3 Å². The highest BCUT2D eigenvalue weighted by Gasteiger charge is 2.32. The van der Waals surface area contributed by atoms with Gasteiger partial charge < -0.3 is 0 Å². The van der Waals surface area contributed by atoms with Crippen molar-refractivity contribution in [1.82, 2.24) is 0 Å². The van der Waals surface area contributed by atoms with E-state index in [1.165, 1.54) is 64.2 Å². The fourth-order valence-corrected chi connectivity index (χ4v) is 7.98. The van der Waals surface area contributed by atoms with Gasteiger partial charge in [0.2, 0.25) is 0 Å². The van der Waals surface area contributed by atoms with Crippen molar-refractivity contribution in [3.05, 3.63) is 83.2 Å². The van der Waals surface area contributed by atoms with Crippen molar-refractivity contribution >= 4 is 0 Å². The Bertz CT molecular complexity index is 1290. The van der Waals surface area contributed by atoms with E-state index in [-0.39, 0.29) is 11.4 Å². The Morgan fingerprint density at radius 2 is 1.19 bits per heavy atom. The van der Waals surface area contributed by atoms with Crippen molar-refractivity contribution in [3.63, 3.8) is 0 Å². The second kappa shape index (κ2) is 15.4. The van der Waals surface area contributed by atoms with Crippen LogP contribution in [0.5, 0.6) is 0 Å². The van der Waals surface area contributed by atoms with Crippen molar-refractivity contribution in [3.8, 4) is 22.3 Å². The lowest BCUT2D eigenvalue weighted by Crippen LogP contribution is -2.25. The fraction of sp³-hybridized carbons (Fsp3) is 0.550. The summed E-state index contributed by atoms with van der Waals surface area (Å²) < 4.78 is 45.1. The van der Waals surface area contributed by atoms with E-state index in [1.807, 2.05) is 24.3 Å². The van der Waals surface area contributed by atoms with Gasteiger partial charge in [0.25, 0.3) is 0 Å². The first kappa shape index (κ1) is 31.9. The smallest absolute Gasteiger partial charge is 0.166 e. The molecule has 0 spiro atoms. The maximum atomic E-state index is 15.4. The number of hydrogen-bond donors (Lipinski definition) is 0. The van der Waals surface area contributed by atoms with Crippen LogP contribution in [0.4, 0.5) is 13.2 Å². The molecular weight excluding hydrogens is 537 g/mol. The summed E-state index contributed by atoms with van der Waals surface area (Å²) in [7, 11) is 0. The largest absolute Gasteiger partial charge is 0.207 e. The lowest BCUT2D eigenvalue weighted by atomic mass is 9.68. The van der Waals surface area contributed by atoms with E-state index >= 15 is 4.39 Å². The third kappa shape index (κ3) is 7.95. The number of benzene rings is 3. The molecule has 43 heavy (non-hydrogen) atoms. The van der Waals surface area contributed by atoms with Crippen molar-refractivity contribution in [2.45, 2.75) is 122 Å². The van der Waals surface area contributed by atoms with E-state index in [2.05, 4.69) is 13.8 Å². The van der Waals surface area contributed by atoms with Crippen molar-refractivity contribution in [1.29, 1.82) is 0 Å². The maximum Gasteiger partial charge on any atom is 0.166 e. The van der Waals surface area contributed by atoms with Gasteiger partial charge in [0.1, 0.15) is 5.82 Å². The van der Waals surface area contributed by atoms with E-state index in [4.69, 9.17) is 0 Å². The first-order valence-electron chi connectivity index (χ1n) is 17.4. The molecule has 0 aliphatic heterocycles. The maximum absolute atomic E-state index is 15.4. The zero-order valence-electron chi connectivity index (χ0n) is 26.5. The van der Waals surface area contributed by atoms with Gasteiger partial charge in [0, 0.05) is 5.56 Å². The Hall–Kier alpha value is -2.55. The Labute approximate surface area is 258 Å². The number of rotatable bonds is 12. The summed E-state index contributed by atoms with van der Waals surface area (Å²) in [5.41, 5.74) is 3.88. The molecule has 0 amide bonds. The van der Waals surface area contributed by atoms with Gasteiger partial charge in [0.15, 0.2) is 11.6 Å². The number of unbranched alkanes of at least 4 members (excludes halogenated alkanes) is 4. The SMILES string of the molecule is CCCCCc1ccc(-c2ccc(-c3ccc(C4CCC(C5CCC(CCCCC)CC5)CC4)c(F)c3)cc2)c(F)c1F. The Morgan fingerprint density at radius 3 is 1.84 bits per heavy atom. The third-order valence-corrected chi connectivity index (χ3v) is 10.7. The molecule has 3 aromatic carbocycles. The molecule has 2 aliphatic rings. The normalized spacial score (nSPS) is 22.5. The van der Waals surface area contributed by atoms with Gasteiger partial charge in [-0.25, -0.2) is 13.2 Å². The summed E-state index contributed by atoms with van der Waals surface area (Å²) in [5, 5.41) is 0. The predicted molar refractivity (Wildman–Crippen MR) is 175 cm³/mol. The minimum absolute atomic E-state index is 0.121. The average molecular weight is 589 g/mol. The van der Waals surface area contributed by atoms with Crippen LogP contribution in [0.2, 0.25) is 0 Å². The molecule has 2 fully saturated rings. The molecule has 3 aromatic rings. The highest BCUT2D eigenvalue weighted by Crippen LogP contribution is 2.45. The predicted octanol–water partition coefficient (Wildman–Crippen LogP) is 12.8. The molecule has 0 unspecified atom stereocenters. The van der Waals surface area contributed by atoms with E-state index < -0.39 is 11.6 Å². The molecular formula is C40H51F3. The van der Waals surface area contributed by atoms with E-state index in [0.29, 0.717) is 23.5 Å². The van der Waals surface area contributed by atoms with Crippen LogP contribution < -0.4 is 0 Å². The lowest BCUT2D eigenvalue weighted by Gasteiger charge is -2.38. The van der Waals surface area contributed by atoms with E-state index in [9.17, 15) is 8.78 Å². The van der Waals surface area contributed by atoms with Gasteiger partial charge in [-0.2, -0.15) is 0 Å². The van der Waals surface area contributed by atoms with Crippen molar-refractivity contribution < 1.29 is 13.2 Å². The average Bonchev–Trinajstić information content (AvgIpc) is 3.04. The Kier molecular flexibility index (Phi) is 11.4. The lowest BCUT2D eigenvalue weighted by molar-refractivity contribution is 0.155. The van der Waals surface area contributed by atoms with Crippen molar-refractivity contribution in [2.75, 3.05) is 0 Å². The zero-order valence-corrected chi connectivity index (χ0v) is 26.5. The molecule has 5 rings (SSSR count). The van der Waals surface area contributed by atoms with Gasteiger partial charge in [-0.3, -0.25) is 0 Å². The molecule has 0 atom stereocenters. The molecule has 0 saturated heterocycles. The second-order valence-electron chi connectivity index (χ2n) is 13.6. The second-order valence-corrected chi connectivity index (χ2v) is 13.6. The number of halogens is 3. The van der Waals surface area contributed by atoms with Gasteiger partial charge >= 0.3 is 0 Å². The topological polar surface area (TPSA) is 0 Å². The van der Waals surface area contributed by atoms with Gasteiger partial charge in [-0.1, -0.05) is 114 Å². The summed E-state index contributed by atoms with van der Waals surface area (Å²) in [4.78, 5) is 0. The minimum Gasteiger partial charge on any atom is -0.207 e. The first-order valence-corrected chi connectivity index (χ1v) is 17.4. The zero-order chi connectivity index (χ0) is 30.2. The van der Waals surface area contributed by atoms with E-state index in [1.54, 1.807) is 30.3 Å². The fourth-order valence-electron chi connectivity index (χ4n) is 7.98. The summed E-state index contributed by atoms with van der Waals surface area (Å²) in [6, 6.07) is 16.4. The summed E-state index contributed by atoms with van der Waals surface area (Å²) in [6.07, 6.45) is 19.3. The molecule has 232 valence electrons. The highest BCUT2D eigenvalue weighted by atomic mass is 19.2. The van der Waals surface area contributed by atoms with Gasteiger partial charge in [-0.15, -0.1) is 0 Å². The molecule has 2 aliphatic carbocycles. The van der Waals surface area contributed by atoms with Crippen LogP contribution in [-0.4, -0.2) is 0 Å². The summed E-state index contributed by atoms with van der Waals surface area (Å²) in [5.74, 6) is 1.32.